The third kappa shape index (κ3) is 3.13. The van der Waals surface area contributed by atoms with Gasteiger partial charge in [0.15, 0.2) is 0 Å². The van der Waals surface area contributed by atoms with Gasteiger partial charge >= 0.3 is 0 Å². The molecule has 6 heteroatoms. The number of amides is 1. The Morgan fingerprint density at radius 3 is 2.37 bits per heavy atom. The van der Waals surface area contributed by atoms with E-state index in [0.29, 0.717) is 14.6 Å². The van der Waals surface area contributed by atoms with Crippen molar-refractivity contribution in [3.8, 4) is 0 Å². The number of benzene rings is 2. The quantitative estimate of drug-likeness (QED) is 0.759. The molecule has 3 N–H and O–H groups in total. The van der Waals surface area contributed by atoms with Crippen LogP contribution in [0.2, 0.25) is 0 Å². The molecule has 0 aliphatic heterocycles. The fourth-order valence-electron chi connectivity index (χ4n) is 1.51. The van der Waals surface area contributed by atoms with Crippen LogP contribution in [0.5, 0.6) is 0 Å². The lowest BCUT2D eigenvalue weighted by Crippen LogP contribution is -2.14. The van der Waals surface area contributed by atoms with Gasteiger partial charge in [-0.25, -0.2) is 4.39 Å². The van der Waals surface area contributed by atoms with Gasteiger partial charge in [-0.2, -0.15) is 0 Å². The van der Waals surface area contributed by atoms with Gasteiger partial charge in [0.2, 0.25) is 0 Å². The molecule has 0 fully saturated rings. The SMILES string of the molecule is Nc1ccc(C(=O)Nc2c(Br)cccc2Br)c(F)c1. The zero-order valence-electron chi connectivity index (χ0n) is 9.58. The number of rotatable bonds is 2. The van der Waals surface area contributed by atoms with Crippen LogP contribution in [-0.4, -0.2) is 5.91 Å². The third-order valence-corrected chi connectivity index (χ3v) is 3.76. The molecule has 0 bridgehead atoms. The summed E-state index contributed by atoms with van der Waals surface area (Å²) in [4.78, 5) is 12.0. The normalized spacial score (nSPS) is 10.3. The highest BCUT2D eigenvalue weighted by Gasteiger charge is 2.14. The van der Waals surface area contributed by atoms with Gasteiger partial charge < -0.3 is 11.1 Å². The number of carbonyl (C=O) groups is 1. The first-order valence-electron chi connectivity index (χ1n) is 5.29. The molecular formula is C13H9Br2FN2O. The fraction of sp³-hybridized carbons (Fsp3) is 0. The molecule has 0 unspecified atom stereocenters. The fourth-order valence-corrected chi connectivity index (χ4v) is 2.71. The first-order valence-corrected chi connectivity index (χ1v) is 6.88. The average Bonchev–Trinajstić information content (AvgIpc) is 2.33. The van der Waals surface area contributed by atoms with Crippen LogP contribution in [0.1, 0.15) is 10.4 Å². The van der Waals surface area contributed by atoms with Gasteiger partial charge in [0, 0.05) is 14.6 Å². The van der Waals surface area contributed by atoms with Gasteiger partial charge in [-0.05, 0) is 62.2 Å². The van der Waals surface area contributed by atoms with Crippen molar-refractivity contribution in [2.75, 3.05) is 11.1 Å². The van der Waals surface area contributed by atoms with Crippen LogP contribution >= 0.6 is 31.9 Å². The first-order chi connectivity index (χ1) is 8.99. The van der Waals surface area contributed by atoms with Crippen molar-refractivity contribution in [2.24, 2.45) is 0 Å². The van der Waals surface area contributed by atoms with Gasteiger partial charge in [0.25, 0.3) is 5.91 Å². The minimum absolute atomic E-state index is 0.0585. The minimum atomic E-state index is -0.652. The van der Waals surface area contributed by atoms with Gasteiger partial charge in [0.1, 0.15) is 5.82 Å². The van der Waals surface area contributed by atoms with Crippen LogP contribution in [0.3, 0.4) is 0 Å². The number of nitrogen functional groups attached to an aromatic ring is 1. The van der Waals surface area contributed by atoms with Crippen LogP contribution in [0.25, 0.3) is 0 Å². The van der Waals surface area contributed by atoms with Crippen molar-refractivity contribution < 1.29 is 9.18 Å². The van der Waals surface area contributed by atoms with Crippen LogP contribution in [0.15, 0.2) is 45.3 Å². The lowest BCUT2D eigenvalue weighted by atomic mass is 10.1. The van der Waals surface area contributed by atoms with Crippen molar-refractivity contribution in [3.05, 3.63) is 56.7 Å². The van der Waals surface area contributed by atoms with E-state index in [9.17, 15) is 9.18 Å². The molecule has 0 aliphatic carbocycles. The summed E-state index contributed by atoms with van der Waals surface area (Å²) >= 11 is 6.64. The summed E-state index contributed by atoms with van der Waals surface area (Å²) in [6, 6.07) is 9.31. The van der Waals surface area contributed by atoms with Crippen molar-refractivity contribution >= 4 is 49.1 Å². The summed E-state index contributed by atoms with van der Waals surface area (Å²) < 4.78 is 15.0. The van der Waals surface area contributed by atoms with Gasteiger partial charge in [0.05, 0.1) is 11.3 Å². The number of carbonyl (C=O) groups excluding carboxylic acids is 1. The molecule has 0 radical (unpaired) electrons. The Labute approximate surface area is 126 Å². The van der Waals surface area contributed by atoms with Crippen molar-refractivity contribution in [2.45, 2.75) is 0 Å². The second kappa shape index (κ2) is 5.71. The Hall–Kier alpha value is -1.40. The summed E-state index contributed by atoms with van der Waals surface area (Å²) in [5, 5.41) is 2.64. The lowest BCUT2D eigenvalue weighted by Gasteiger charge is -2.10. The highest BCUT2D eigenvalue weighted by Crippen LogP contribution is 2.31. The van der Waals surface area contributed by atoms with Gasteiger partial charge in [-0.3, -0.25) is 4.79 Å². The third-order valence-electron chi connectivity index (χ3n) is 2.44. The van der Waals surface area contributed by atoms with E-state index < -0.39 is 11.7 Å². The summed E-state index contributed by atoms with van der Waals surface area (Å²) in [5.74, 6) is -1.19. The first kappa shape index (κ1) is 14.0. The standard InChI is InChI=1S/C13H9Br2FN2O/c14-9-2-1-3-10(15)12(9)18-13(19)8-5-4-7(17)6-11(8)16/h1-6H,17H2,(H,18,19). The van der Waals surface area contributed by atoms with Gasteiger partial charge in [-0.15, -0.1) is 0 Å². The topological polar surface area (TPSA) is 55.1 Å². The average molecular weight is 388 g/mol. The lowest BCUT2D eigenvalue weighted by molar-refractivity contribution is 0.102. The monoisotopic (exact) mass is 386 g/mol. The predicted molar refractivity (Wildman–Crippen MR) is 80.6 cm³/mol. The van der Waals surface area contributed by atoms with Crippen molar-refractivity contribution in [1.29, 1.82) is 0 Å². The molecule has 0 saturated carbocycles. The number of halogens is 3. The number of anilines is 2. The molecule has 3 nitrogen and oxygen atoms in total. The molecule has 0 aromatic heterocycles. The molecule has 0 spiro atoms. The molecule has 0 atom stereocenters. The molecule has 0 aliphatic rings. The number of nitrogens with two attached hydrogens (primary N) is 1. The summed E-state index contributed by atoms with van der Waals surface area (Å²) in [5.41, 5.74) is 6.20. The predicted octanol–water partition coefficient (Wildman–Crippen LogP) is 4.19. The number of hydrogen-bond donors (Lipinski definition) is 2. The molecular weight excluding hydrogens is 379 g/mol. The van der Waals surface area contributed by atoms with E-state index in [2.05, 4.69) is 37.2 Å². The minimum Gasteiger partial charge on any atom is -0.399 e. The molecule has 98 valence electrons. The van der Waals surface area contributed by atoms with E-state index in [-0.39, 0.29) is 11.3 Å². The summed E-state index contributed by atoms with van der Waals surface area (Å²) in [7, 11) is 0. The van der Waals surface area contributed by atoms with Crippen LogP contribution in [-0.2, 0) is 0 Å². The molecule has 0 heterocycles. The van der Waals surface area contributed by atoms with E-state index in [1.165, 1.54) is 12.1 Å². The second-order valence-corrected chi connectivity index (χ2v) is 5.50. The van der Waals surface area contributed by atoms with Gasteiger partial charge in [-0.1, -0.05) is 6.07 Å². The van der Waals surface area contributed by atoms with E-state index in [4.69, 9.17) is 5.73 Å². The highest BCUT2D eigenvalue weighted by atomic mass is 79.9. The summed E-state index contributed by atoms with van der Waals surface area (Å²) in [6.07, 6.45) is 0. The second-order valence-electron chi connectivity index (χ2n) is 3.79. The van der Waals surface area contributed by atoms with E-state index >= 15 is 0 Å². The Morgan fingerprint density at radius 1 is 1.16 bits per heavy atom. The van der Waals surface area contributed by atoms with E-state index in [0.717, 1.165) is 6.07 Å². The smallest absolute Gasteiger partial charge is 0.258 e. The molecule has 0 saturated heterocycles. The van der Waals surface area contributed by atoms with E-state index in [1.807, 2.05) is 6.07 Å². The number of nitrogens with one attached hydrogen (secondary N) is 1. The maximum atomic E-state index is 13.6. The summed E-state index contributed by atoms with van der Waals surface area (Å²) in [6.45, 7) is 0. The largest absolute Gasteiger partial charge is 0.399 e. The maximum Gasteiger partial charge on any atom is 0.258 e. The van der Waals surface area contributed by atoms with Crippen molar-refractivity contribution in [3.63, 3.8) is 0 Å². The molecule has 2 aromatic carbocycles. The van der Waals surface area contributed by atoms with E-state index in [1.54, 1.807) is 12.1 Å². The molecule has 2 aromatic rings. The zero-order chi connectivity index (χ0) is 14.0. The zero-order valence-corrected chi connectivity index (χ0v) is 12.8. The number of hydrogen-bond acceptors (Lipinski definition) is 2. The van der Waals surface area contributed by atoms with Crippen molar-refractivity contribution in [1.82, 2.24) is 0 Å². The Kier molecular flexibility index (Phi) is 4.21. The Balaban J connectivity index is 2.31. The Morgan fingerprint density at radius 2 is 1.79 bits per heavy atom. The van der Waals surface area contributed by atoms with Crippen LogP contribution in [0, 0.1) is 5.82 Å². The molecule has 2 rings (SSSR count). The number of para-hydroxylation sites is 1. The maximum absolute atomic E-state index is 13.6. The molecule has 19 heavy (non-hydrogen) atoms. The Bertz CT molecular complexity index is 626. The van der Waals surface area contributed by atoms with Crippen LogP contribution < -0.4 is 11.1 Å². The highest BCUT2D eigenvalue weighted by molar-refractivity contribution is 9.11. The van der Waals surface area contributed by atoms with Crippen LogP contribution in [0.4, 0.5) is 15.8 Å². The molecule has 1 amide bonds.